The molecular formula is C24H28N2O7. The first-order chi connectivity index (χ1) is 15.6. The second-order valence-corrected chi connectivity index (χ2v) is 9.12. The summed E-state index contributed by atoms with van der Waals surface area (Å²) in [6, 6.07) is 1.81. The Morgan fingerprint density at radius 1 is 1.18 bits per heavy atom. The molecule has 0 saturated heterocycles. The van der Waals surface area contributed by atoms with Crippen molar-refractivity contribution in [3.05, 3.63) is 51.0 Å². The van der Waals surface area contributed by atoms with Gasteiger partial charge in [-0.15, -0.1) is 0 Å². The number of aliphatic hydroxyl groups excluding tert-OH is 2. The molecule has 1 aromatic carbocycles. The number of hydrogen-bond acceptors (Lipinski definition) is 8. The molecule has 4 rings (SSSR count). The first-order valence-electron chi connectivity index (χ1n) is 11.1. The number of Topliss-reactive ketones (excluding diaryl/α,β-unsaturated/α-hetero) is 2. The Bertz CT molecular complexity index is 1150. The Balaban J connectivity index is 1.90. The van der Waals surface area contributed by atoms with E-state index < -0.39 is 52.0 Å². The number of rotatable bonds is 5. The molecule has 3 atom stereocenters. The summed E-state index contributed by atoms with van der Waals surface area (Å²) in [5, 5.41) is 43.4. The third kappa shape index (κ3) is 3.18. The number of nitrogens with two attached hydrogens (primary N) is 2. The van der Waals surface area contributed by atoms with Crippen LogP contribution in [0, 0.1) is 11.8 Å². The van der Waals surface area contributed by atoms with Crippen molar-refractivity contribution in [2.45, 2.75) is 57.6 Å². The summed E-state index contributed by atoms with van der Waals surface area (Å²) in [4.78, 5) is 38.3. The molecule has 1 amide bonds. The molecular weight excluding hydrogens is 428 g/mol. The zero-order chi connectivity index (χ0) is 24.2. The molecule has 9 nitrogen and oxygen atoms in total. The lowest BCUT2D eigenvalue weighted by Crippen LogP contribution is -2.57. The number of hydrogen-bond donors (Lipinski definition) is 6. The van der Waals surface area contributed by atoms with Crippen molar-refractivity contribution in [2.75, 3.05) is 0 Å². The highest BCUT2D eigenvalue weighted by Gasteiger charge is 2.59. The molecule has 2 unspecified atom stereocenters. The zero-order valence-corrected chi connectivity index (χ0v) is 18.4. The Labute approximate surface area is 190 Å². The van der Waals surface area contributed by atoms with E-state index in [-0.39, 0.29) is 36.3 Å². The summed E-state index contributed by atoms with van der Waals surface area (Å²) < 4.78 is 0. The summed E-state index contributed by atoms with van der Waals surface area (Å²) in [6.07, 6.45) is 2.69. The van der Waals surface area contributed by atoms with E-state index in [0.717, 1.165) is 18.4 Å². The van der Waals surface area contributed by atoms with Crippen LogP contribution in [0.5, 0.6) is 5.75 Å². The Morgan fingerprint density at radius 3 is 2.48 bits per heavy atom. The minimum Gasteiger partial charge on any atom is -0.511 e. The number of unbranched alkanes of at least 4 members (excludes halogenated alkanes) is 1. The number of benzene rings is 1. The molecule has 3 aliphatic rings. The fourth-order valence-corrected chi connectivity index (χ4v) is 5.57. The van der Waals surface area contributed by atoms with Gasteiger partial charge in [0.25, 0.3) is 5.91 Å². The van der Waals surface area contributed by atoms with Crippen LogP contribution in [0.25, 0.3) is 0 Å². The minimum absolute atomic E-state index is 0.0104. The highest BCUT2D eigenvalue weighted by atomic mass is 16.3. The molecule has 176 valence electrons. The molecule has 0 aromatic heterocycles. The maximum Gasteiger partial charge on any atom is 0.255 e. The molecule has 0 heterocycles. The van der Waals surface area contributed by atoms with Crippen LogP contribution >= 0.6 is 0 Å². The van der Waals surface area contributed by atoms with Crippen LogP contribution in [-0.2, 0) is 29.0 Å². The van der Waals surface area contributed by atoms with Crippen molar-refractivity contribution in [3.63, 3.8) is 0 Å². The first-order valence-corrected chi connectivity index (χ1v) is 11.1. The van der Waals surface area contributed by atoms with E-state index in [4.69, 9.17) is 11.5 Å². The van der Waals surface area contributed by atoms with E-state index in [0.29, 0.717) is 24.0 Å². The number of fused-ring (bicyclic) bond motifs is 3. The molecule has 0 aliphatic heterocycles. The van der Waals surface area contributed by atoms with Gasteiger partial charge in [0.2, 0.25) is 5.78 Å². The number of phenols is 1. The van der Waals surface area contributed by atoms with Gasteiger partial charge in [-0.05, 0) is 42.7 Å². The molecule has 0 saturated carbocycles. The number of aryl methyl sites for hydroxylation is 1. The largest absolute Gasteiger partial charge is 0.511 e. The monoisotopic (exact) mass is 456 g/mol. The quantitative estimate of drug-likeness (QED) is 0.359. The number of allylic oxidation sites excluding steroid dienone is 2. The standard InChI is InChI=1S/C24H28N2O7/c1-2-3-4-10-5-12(9-25)19(28)17-14(10)7-11-6-13-8-15(27)18(23(26)32)22(31)24(13,33)21(30)16(11)20(17)29/h5,11,13,27-28,30,33H,2-4,6-9,25H2,1H3,(H2,26,32)/t11?,13?,24-/m0/s1. The van der Waals surface area contributed by atoms with E-state index in [1.165, 1.54) is 0 Å². The highest BCUT2D eigenvalue weighted by Crippen LogP contribution is 2.52. The number of carbonyl (C=O) groups is 3. The molecule has 0 bridgehead atoms. The van der Waals surface area contributed by atoms with Crippen molar-refractivity contribution in [1.82, 2.24) is 0 Å². The van der Waals surface area contributed by atoms with Crippen LogP contribution < -0.4 is 11.5 Å². The lowest BCUT2D eigenvalue weighted by molar-refractivity contribution is -0.144. The van der Waals surface area contributed by atoms with Crippen molar-refractivity contribution in [1.29, 1.82) is 0 Å². The number of amides is 1. The molecule has 9 heteroatoms. The lowest BCUT2D eigenvalue weighted by atomic mass is 9.60. The smallest absolute Gasteiger partial charge is 0.255 e. The van der Waals surface area contributed by atoms with Gasteiger partial charge in [-0.2, -0.15) is 0 Å². The number of primary amides is 1. The average molecular weight is 456 g/mol. The third-order valence-electron chi connectivity index (χ3n) is 7.25. The maximum absolute atomic E-state index is 13.6. The third-order valence-corrected chi connectivity index (χ3v) is 7.25. The Kier molecular flexibility index (Phi) is 5.58. The summed E-state index contributed by atoms with van der Waals surface area (Å²) in [5.74, 6) is -6.25. The van der Waals surface area contributed by atoms with Gasteiger partial charge in [0.05, 0.1) is 5.56 Å². The Hall–Kier alpha value is -3.17. The van der Waals surface area contributed by atoms with Crippen molar-refractivity contribution < 1.29 is 34.8 Å². The summed E-state index contributed by atoms with van der Waals surface area (Å²) in [7, 11) is 0. The van der Waals surface area contributed by atoms with E-state index in [1.807, 2.05) is 13.0 Å². The number of phenolic OH excluding ortho intramolecular Hbond substituents is 1. The number of aliphatic hydroxyl groups is 3. The van der Waals surface area contributed by atoms with Crippen LogP contribution in [-0.4, -0.2) is 43.5 Å². The second kappa shape index (κ2) is 8.00. The van der Waals surface area contributed by atoms with Gasteiger partial charge in [-0.1, -0.05) is 19.4 Å². The van der Waals surface area contributed by atoms with E-state index in [9.17, 15) is 34.8 Å². The zero-order valence-electron chi connectivity index (χ0n) is 18.4. The summed E-state index contributed by atoms with van der Waals surface area (Å²) in [5.41, 5.74) is 9.49. The fourth-order valence-electron chi connectivity index (χ4n) is 5.57. The van der Waals surface area contributed by atoms with Crippen LogP contribution in [0.3, 0.4) is 0 Å². The Morgan fingerprint density at radius 2 is 1.88 bits per heavy atom. The van der Waals surface area contributed by atoms with Crippen molar-refractivity contribution in [3.8, 4) is 5.75 Å². The van der Waals surface area contributed by atoms with Crippen LogP contribution in [0.15, 0.2) is 28.7 Å². The SMILES string of the molecule is CCCCc1cc(CN)c(O)c2c1CC1CC3CC(O)=C(C(N)=O)C(=O)[C@@]3(O)C(O)=C1C2=O. The van der Waals surface area contributed by atoms with Gasteiger partial charge in [0.15, 0.2) is 11.4 Å². The summed E-state index contributed by atoms with van der Waals surface area (Å²) in [6.45, 7) is 2.06. The average Bonchev–Trinajstić information content (AvgIpc) is 2.75. The molecule has 1 aromatic rings. The van der Waals surface area contributed by atoms with Crippen molar-refractivity contribution >= 4 is 17.5 Å². The topological polar surface area (TPSA) is 184 Å². The van der Waals surface area contributed by atoms with Gasteiger partial charge in [-0.25, -0.2) is 0 Å². The molecule has 3 aliphatic carbocycles. The van der Waals surface area contributed by atoms with Crippen LogP contribution in [0.1, 0.15) is 59.7 Å². The van der Waals surface area contributed by atoms with E-state index in [1.54, 1.807) is 0 Å². The first kappa shape index (κ1) is 23.0. The van der Waals surface area contributed by atoms with Gasteiger partial charge < -0.3 is 31.9 Å². The maximum atomic E-state index is 13.6. The molecule has 33 heavy (non-hydrogen) atoms. The van der Waals surface area contributed by atoms with Crippen LogP contribution in [0.2, 0.25) is 0 Å². The van der Waals surface area contributed by atoms with E-state index in [2.05, 4.69) is 0 Å². The molecule has 0 spiro atoms. The molecule has 0 fully saturated rings. The number of ketones is 2. The van der Waals surface area contributed by atoms with Crippen LogP contribution in [0.4, 0.5) is 0 Å². The summed E-state index contributed by atoms with van der Waals surface area (Å²) >= 11 is 0. The minimum atomic E-state index is -2.55. The normalized spacial score (nSPS) is 26.8. The van der Waals surface area contributed by atoms with Gasteiger partial charge in [-0.3, -0.25) is 14.4 Å². The predicted octanol–water partition coefficient (Wildman–Crippen LogP) is 1.38. The number of aromatic hydroxyl groups is 1. The lowest BCUT2D eigenvalue weighted by Gasteiger charge is -2.45. The van der Waals surface area contributed by atoms with Crippen molar-refractivity contribution in [2.24, 2.45) is 23.3 Å². The van der Waals surface area contributed by atoms with E-state index >= 15 is 0 Å². The fraction of sp³-hybridized carbons (Fsp3) is 0.458. The van der Waals surface area contributed by atoms with Gasteiger partial charge in [0, 0.05) is 30.0 Å². The highest BCUT2D eigenvalue weighted by molar-refractivity contribution is 6.24. The van der Waals surface area contributed by atoms with Gasteiger partial charge in [0.1, 0.15) is 22.8 Å². The molecule has 8 N–H and O–H groups in total. The second-order valence-electron chi connectivity index (χ2n) is 9.12. The molecule has 0 radical (unpaired) electrons. The number of carbonyl (C=O) groups excluding carboxylic acids is 3. The predicted molar refractivity (Wildman–Crippen MR) is 117 cm³/mol. The van der Waals surface area contributed by atoms with Gasteiger partial charge >= 0.3 is 0 Å².